The zero-order valence-corrected chi connectivity index (χ0v) is 11.5. The number of hydrogen-bond donors (Lipinski definition) is 1. The van der Waals surface area contributed by atoms with Gasteiger partial charge in [-0.25, -0.2) is 13.2 Å². The maximum Gasteiger partial charge on any atom is 0.313 e. The van der Waals surface area contributed by atoms with Crippen LogP contribution in [0.4, 0.5) is 13.2 Å². The number of hydrogen-bond acceptors (Lipinski definition) is 3. The van der Waals surface area contributed by atoms with Crippen LogP contribution in [0.3, 0.4) is 0 Å². The van der Waals surface area contributed by atoms with Crippen molar-refractivity contribution in [2.45, 2.75) is 19.9 Å². The van der Waals surface area contributed by atoms with Gasteiger partial charge in [-0.3, -0.25) is 4.79 Å². The van der Waals surface area contributed by atoms with Gasteiger partial charge in [0.2, 0.25) is 0 Å². The van der Waals surface area contributed by atoms with Crippen LogP contribution in [0.1, 0.15) is 25.5 Å². The van der Waals surface area contributed by atoms with Gasteiger partial charge < -0.3 is 10.5 Å². The van der Waals surface area contributed by atoms with Crippen LogP contribution in [0.5, 0.6) is 0 Å². The quantitative estimate of drug-likeness (QED) is 0.873. The fourth-order valence-electron chi connectivity index (χ4n) is 1.60. The average Bonchev–Trinajstić information content (AvgIpc) is 2.26. The minimum atomic E-state index is -1.34. The standard InChI is InChI=1S/C12H14F3NO2.ClH/c1-12(2,11(17)18-3)10(16)9-7(14)4-6(13)5-8(9)15;/h4-5,10H,16H2,1-3H3;1H/t10-;/m0./s1. The zero-order chi connectivity index (χ0) is 14.1. The Hall–Kier alpha value is -1.27. The molecule has 0 saturated heterocycles. The maximum atomic E-state index is 13.5. The Kier molecular flexibility index (Phi) is 5.83. The number of ether oxygens (including phenoxy) is 1. The van der Waals surface area contributed by atoms with Crippen molar-refractivity contribution < 1.29 is 22.7 Å². The van der Waals surface area contributed by atoms with E-state index in [1.54, 1.807) is 0 Å². The summed E-state index contributed by atoms with van der Waals surface area (Å²) in [5, 5.41) is 0. The minimum Gasteiger partial charge on any atom is -0.469 e. The first-order valence-electron chi connectivity index (χ1n) is 5.20. The van der Waals surface area contributed by atoms with Gasteiger partial charge in [0.25, 0.3) is 0 Å². The first-order chi connectivity index (χ1) is 8.21. The Morgan fingerprint density at radius 1 is 1.26 bits per heavy atom. The van der Waals surface area contributed by atoms with Gasteiger partial charge in [-0.05, 0) is 13.8 Å². The van der Waals surface area contributed by atoms with E-state index < -0.39 is 40.4 Å². The van der Waals surface area contributed by atoms with Gasteiger partial charge in [-0.2, -0.15) is 0 Å². The van der Waals surface area contributed by atoms with Crippen molar-refractivity contribution in [2.24, 2.45) is 11.1 Å². The van der Waals surface area contributed by atoms with Gasteiger partial charge in [0.1, 0.15) is 17.5 Å². The largest absolute Gasteiger partial charge is 0.469 e. The molecule has 3 nitrogen and oxygen atoms in total. The number of nitrogens with two attached hydrogens (primary N) is 1. The monoisotopic (exact) mass is 297 g/mol. The molecular weight excluding hydrogens is 283 g/mol. The Balaban J connectivity index is 0.00000324. The molecule has 1 aromatic rings. The first kappa shape index (κ1) is 17.7. The van der Waals surface area contributed by atoms with E-state index in [2.05, 4.69) is 4.74 Å². The van der Waals surface area contributed by atoms with E-state index in [0.29, 0.717) is 12.1 Å². The number of methoxy groups -OCH3 is 1. The lowest BCUT2D eigenvalue weighted by atomic mass is 9.80. The number of carbonyl (C=O) groups excluding carboxylic acids is 1. The number of rotatable bonds is 3. The van der Waals surface area contributed by atoms with Crippen LogP contribution in [0.2, 0.25) is 0 Å². The third-order valence-electron chi connectivity index (χ3n) is 2.84. The summed E-state index contributed by atoms with van der Waals surface area (Å²) in [4.78, 5) is 11.5. The van der Waals surface area contributed by atoms with E-state index in [0.717, 1.165) is 7.11 Å². The minimum absolute atomic E-state index is 0. The van der Waals surface area contributed by atoms with Gasteiger partial charge in [-0.15, -0.1) is 12.4 Å². The fraction of sp³-hybridized carbons (Fsp3) is 0.417. The van der Waals surface area contributed by atoms with Crippen molar-refractivity contribution in [1.29, 1.82) is 0 Å². The lowest BCUT2D eigenvalue weighted by molar-refractivity contribution is -0.152. The summed E-state index contributed by atoms with van der Waals surface area (Å²) < 4.78 is 44.4. The summed E-state index contributed by atoms with van der Waals surface area (Å²) in [7, 11) is 1.15. The van der Waals surface area contributed by atoms with E-state index in [-0.39, 0.29) is 12.4 Å². The molecule has 2 N–H and O–H groups in total. The maximum absolute atomic E-state index is 13.5. The van der Waals surface area contributed by atoms with Gasteiger partial charge in [0.05, 0.1) is 18.6 Å². The molecule has 0 bridgehead atoms. The SMILES string of the molecule is COC(=O)C(C)(C)[C@@H](N)c1c(F)cc(F)cc1F.Cl. The Labute approximate surface area is 115 Å². The Morgan fingerprint density at radius 2 is 1.68 bits per heavy atom. The topological polar surface area (TPSA) is 52.3 Å². The van der Waals surface area contributed by atoms with Crippen molar-refractivity contribution in [2.75, 3.05) is 7.11 Å². The molecule has 1 aromatic carbocycles. The Bertz CT molecular complexity index is 457. The summed E-state index contributed by atoms with van der Waals surface area (Å²) in [6.45, 7) is 2.79. The molecule has 0 radical (unpaired) electrons. The predicted molar refractivity (Wildman–Crippen MR) is 66.3 cm³/mol. The molecule has 0 spiro atoms. The van der Waals surface area contributed by atoms with Crippen LogP contribution in [0.25, 0.3) is 0 Å². The molecular formula is C12H15ClF3NO2. The molecule has 0 aromatic heterocycles. The van der Waals surface area contributed by atoms with E-state index in [1.165, 1.54) is 13.8 Å². The zero-order valence-electron chi connectivity index (χ0n) is 10.7. The molecule has 0 amide bonds. The number of halogens is 4. The van der Waals surface area contributed by atoms with Gasteiger partial charge in [0.15, 0.2) is 0 Å². The highest BCUT2D eigenvalue weighted by Crippen LogP contribution is 2.35. The highest BCUT2D eigenvalue weighted by Gasteiger charge is 2.39. The highest BCUT2D eigenvalue weighted by atomic mass is 35.5. The molecule has 0 fully saturated rings. The second kappa shape index (κ2) is 6.25. The first-order valence-corrected chi connectivity index (χ1v) is 5.20. The van der Waals surface area contributed by atoms with Crippen LogP contribution < -0.4 is 5.73 Å². The van der Waals surface area contributed by atoms with Gasteiger partial charge >= 0.3 is 5.97 Å². The smallest absolute Gasteiger partial charge is 0.313 e. The molecule has 1 rings (SSSR count). The molecule has 0 unspecified atom stereocenters. The number of esters is 1. The van der Waals surface area contributed by atoms with Gasteiger partial charge in [0, 0.05) is 17.7 Å². The molecule has 108 valence electrons. The molecule has 0 aliphatic rings. The molecule has 19 heavy (non-hydrogen) atoms. The average molecular weight is 298 g/mol. The summed E-state index contributed by atoms with van der Waals surface area (Å²) in [5.41, 5.74) is 3.82. The fourth-order valence-corrected chi connectivity index (χ4v) is 1.60. The lowest BCUT2D eigenvalue weighted by Crippen LogP contribution is -2.38. The van der Waals surface area contributed by atoms with Crippen molar-refractivity contribution in [1.82, 2.24) is 0 Å². The highest BCUT2D eigenvalue weighted by molar-refractivity contribution is 5.85. The molecule has 7 heteroatoms. The van der Waals surface area contributed by atoms with Crippen LogP contribution in [-0.2, 0) is 9.53 Å². The van der Waals surface area contributed by atoms with Crippen molar-refractivity contribution >= 4 is 18.4 Å². The third-order valence-corrected chi connectivity index (χ3v) is 2.84. The summed E-state index contributed by atoms with van der Waals surface area (Å²) in [5.74, 6) is -4.01. The van der Waals surface area contributed by atoms with Crippen LogP contribution in [0, 0.1) is 22.9 Å². The second-order valence-electron chi connectivity index (χ2n) is 4.47. The second-order valence-corrected chi connectivity index (χ2v) is 4.47. The predicted octanol–water partition coefficient (Wildman–Crippen LogP) is 2.72. The molecule has 1 atom stereocenters. The summed E-state index contributed by atoms with van der Waals surface area (Å²) in [6.07, 6.45) is 0. The van der Waals surface area contributed by atoms with Crippen molar-refractivity contribution in [3.8, 4) is 0 Å². The molecule has 0 saturated carbocycles. The number of benzene rings is 1. The normalized spacial score (nSPS) is 12.6. The van der Waals surface area contributed by atoms with E-state index in [9.17, 15) is 18.0 Å². The summed E-state index contributed by atoms with van der Waals surface area (Å²) >= 11 is 0. The van der Waals surface area contributed by atoms with Crippen molar-refractivity contribution in [3.05, 3.63) is 35.1 Å². The van der Waals surface area contributed by atoms with Crippen LogP contribution >= 0.6 is 12.4 Å². The molecule has 0 aliphatic heterocycles. The van der Waals surface area contributed by atoms with Crippen LogP contribution in [0.15, 0.2) is 12.1 Å². The van der Waals surface area contributed by atoms with E-state index >= 15 is 0 Å². The number of carbonyl (C=O) groups is 1. The van der Waals surface area contributed by atoms with Gasteiger partial charge in [-0.1, -0.05) is 0 Å². The van der Waals surface area contributed by atoms with Crippen LogP contribution in [-0.4, -0.2) is 13.1 Å². The van der Waals surface area contributed by atoms with E-state index in [1.807, 2.05) is 0 Å². The van der Waals surface area contributed by atoms with Crippen molar-refractivity contribution in [3.63, 3.8) is 0 Å². The Morgan fingerprint density at radius 3 is 2.05 bits per heavy atom. The third kappa shape index (κ3) is 3.39. The lowest BCUT2D eigenvalue weighted by Gasteiger charge is -2.29. The van der Waals surface area contributed by atoms with E-state index in [4.69, 9.17) is 5.73 Å². The molecule has 0 heterocycles. The summed E-state index contributed by atoms with van der Waals surface area (Å²) in [6, 6.07) is -0.248. The molecule has 0 aliphatic carbocycles.